The highest BCUT2D eigenvalue weighted by Crippen LogP contribution is 2.20. The molecule has 2 aromatic carbocycles. The number of anilines is 1. The summed E-state index contributed by atoms with van der Waals surface area (Å²) in [6.07, 6.45) is 2.14. The third-order valence-corrected chi connectivity index (χ3v) is 5.93. The predicted octanol–water partition coefficient (Wildman–Crippen LogP) is 4.87. The lowest BCUT2D eigenvalue weighted by molar-refractivity contribution is 0.0904. The molecule has 1 aliphatic heterocycles. The molecule has 7 heteroatoms. The van der Waals surface area contributed by atoms with Gasteiger partial charge in [-0.2, -0.15) is 0 Å². The van der Waals surface area contributed by atoms with E-state index in [9.17, 15) is 4.79 Å². The molecule has 2 N–H and O–H groups in total. The van der Waals surface area contributed by atoms with E-state index in [0.717, 1.165) is 41.6 Å². The number of aromatic amines is 1. The Kier molecular flexibility index (Phi) is 6.37. The zero-order valence-electron chi connectivity index (χ0n) is 16.8. The number of halogens is 1. The van der Waals surface area contributed by atoms with E-state index in [-0.39, 0.29) is 11.7 Å². The number of nitrogens with one attached hydrogen (secondary N) is 2. The molecule has 30 heavy (non-hydrogen) atoms. The number of H-pyrrole nitrogens is 1. The van der Waals surface area contributed by atoms with Crippen molar-refractivity contribution in [2.75, 3.05) is 18.5 Å². The molecule has 1 saturated heterocycles. The van der Waals surface area contributed by atoms with Gasteiger partial charge >= 0.3 is 0 Å². The Labute approximate surface area is 186 Å². The number of thiocarbonyl (C=S) groups is 1. The van der Waals surface area contributed by atoms with Crippen molar-refractivity contribution in [1.82, 2.24) is 9.88 Å². The Morgan fingerprint density at radius 3 is 2.90 bits per heavy atom. The van der Waals surface area contributed by atoms with Gasteiger partial charge < -0.3 is 19.9 Å². The summed E-state index contributed by atoms with van der Waals surface area (Å²) in [7, 11) is 0. The molecule has 0 bridgehead atoms. The average molecular weight is 442 g/mol. The Morgan fingerprint density at radius 1 is 1.30 bits per heavy atom. The summed E-state index contributed by atoms with van der Waals surface area (Å²) in [5.41, 5.74) is 3.30. The maximum absolute atomic E-state index is 12.8. The summed E-state index contributed by atoms with van der Waals surface area (Å²) in [5, 5.41) is 5.43. The zero-order valence-corrected chi connectivity index (χ0v) is 18.4. The zero-order chi connectivity index (χ0) is 21.1. The van der Waals surface area contributed by atoms with E-state index in [1.807, 2.05) is 60.4 Å². The number of hydrogen-bond donors (Lipinski definition) is 2. The van der Waals surface area contributed by atoms with Gasteiger partial charge in [0, 0.05) is 29.4 Å². The highest BCUT2D eigenvalue weighted by molar-refractivity contribution is 7.80. The standard InChI is InChI=1S/C23H24ClN3O2S/c1-15-5-2-6-16-11-17(22(28)26-21(15)16)13-27(14-20-9-4-10-29-20)23(30)25-19-8-3-7-18(24)12-19/h2-3,5-8,11-12,20H,4,9-10,13-14H2,1H3,(H,25,30)(H,26,28)/t20-/m0/s1. The summed E-state index contributed by atoms with van der Waals surface area (Å²) in [5.74, 6) is 0. The molecule has 0 aliphatic carbocycles. The van der Waals surface area contributed by atoms with Crippen molar-refractivity contribution >= 4 is 45.5 Å². The average Bonchev–Trinajstić information content (AvgIpc) is 3.22. The van der Waals surface area contributed by atoms with Crippen molar-refractivity contribution < 1.29 is 4.74 Å². The monoisotopic (exact) mass is 441 g/mol. The Balaban J connectivity index is 1.60. The number of ether oxygens (including phenoxy) is 1. The van der Waals surface area contributed by atoms with Crippen LogP contribution in [-0.4, -0.2) is 34.3 Å². The van der Waals surface area contributed by atoms with Crippen molar-refractivity contribution in [2.24, 2.45) is 0 Å². The maximum Gasteiger partial charge on any atom is 0.253 e. The first-order chi connectivity index (χ1) is 14.5. The molecule has 1 aliphatic rings. The summed E-state index contributed by atoms with van der Waals surface area (Å²) in [6, 6.07) is 15.4. The molecule has 0 unspecified atom stereocenters. The lowest BCUT2D eigenvalue weighted by atomic mass is 10.1. The number of nitrogens with zero attached hydrogens (tertiary/aromatic N) is 1. The first-order valence-corrected chi connectivity index (χ1v) is 10.8. The van der Waals surface area contributed by atoms with E-state index in [1.54, 1.807) is 0 Å². The smallest absolute Gasteiger partial charge is 0.253 e. The van der Waals surface area contributed by atoms with E-state index in [4.69, 9.17) is 28.6 Å². The van der Waals surface area contributed by atoms with Gasteiger partial charge in [0.15, 0.2) is 5.11 Å². The van der Waals surface area contributed by atoms with Crippen LogP contribution in [0.4, 0.5) is 5.69 Å². The minimum Gasteiger partial charge on any atom is -0.376 e. The highest BCUT2D eigenvalue weighted by Gasteiger charge is 2.22. The minimum atomic E-state index is -0.0975. The normalized spacial score (nSPS) is 16.0. The molecule has 0 spiro atoms. The van der Waals surface area contributed by atoms with Crippen molar-refractivity contribution in [3.8, 4) is 0 Å². The summed E-state index contributed by atoms with van der Waals surface area (Å²) >= 11 is 11.8. The molecule has 5 nitrogen and oxygen atoms in total. The van der Waals surface area contributed by atoms with Gasteiger partial charge in [-0.1, -0.05) is 35.9 Å². The van der Waals surface area contributed by atoms with Gasteiger partial charge in [0.2, 0.25) is 0 Å². The van der Waals surface area contributed by atoms with Crippen LogP contribution in [0.25, 0.3) is 10.9 Å². The van der Waals surface area contributed by atoms with Gasteiger partial charge in [-0.3, -0.25) is 4.79 Å². The summed E-state index contributed by atoms with van der Waals surface area (Å²) < 4.78 is 5.82. The maximum atomic E-state index is 12.8. The number of aromatic nitrogens is 1. The number of para-hydroxylation sites is 1. The molecule has 156 valence electrons. The fraction of sp³-hybridized carbons (Fsp3) is 0.304. The van der Waals surface area contributed by atoms with Crippen LogP contribution in [-0.2, 0) is 11.3 Å². The number of hydrogen-bond acceptors (Lipinski definition) is 3. The third kappa shape index (κ3) is 4.83. The quantitative estimate of drug-likeness (QED) is 0.553. The highest BCUT2D eigenvalue weighted by atomic mass is 35.5. The van der Waals surface area contributed by atoms with Crippen molar-refractivity contribution in [2.45, 2.75) is 32.4 Å². The Hall–Kier alpha value is -2.41. The van der Waals surface area contributed by atoms with Crippen LogP contribution >= 0.6 is 23.8 Å². The largest absolute Gasteiger partial charge is 0.376 e. The van der Waals surface area contributed by atoms with Crippen LogP contribution in [0.15, 0.2) is 53.3 Å². The van der Waals surface area contributed by atoms with Crippen LogP contribution < -0.4 is 10.9 Å². The molecule has 0 radical (unpaired) electrons. The van der Waals surface area contributed by atoms with Crippen molar-refractivity contribution in [3.05, 3.63) is 75.0 Å². The lowest BCUT2D eigenvalue weighted by Gasteiger charge is -2.28. The van der Waals surface area contributed by atoms with E-state index in [0.29, 0.717) is 28.8 Å². The molecule has 1 fully saturated rings. The van der Waals surface area contributed by atoms with Gasteiger partial charge in [-0.25, -0.2) is 0 Å². The van der Waals surface area contributed by atoms with Gasteiger partial charge in [-0.05, 0) is 67.2 Å². The summed E-state index contributed by atoms with van der Waals surface area (Å²) in [4.78, 5) is 17.8. The third-order valence-electron chi connectivity index (χ3n) is 5.34. The van der Waals surface area contributed by atoms with E-state index < -0.39 is 0 Å². The van der Waals surface area contributed by atoms with E-state index in [1.165, 1.54) is 0 Å². The molecule has 1 atom stereocenters. The molecule has 1 aromatic heterocycles. The Morgan fingerprint density at radius 2 is 2.13 bits per heavy atom. The summed E-state index contributed by atoms with van der Waals surface area (Å²) in [6.45, 7) is 3.78. The van der Waals surface area contributed by atoms with Crippen LogP contribution in [0.3, 0.4) is 0 Å². The van der Waals surface area contributed by atoms with Gasteiger partial charge in [0.1, 0.15) is 0 Å². The second-order valence-electron chi connectivity index (χ2n) is 7.62. The molecular formula is C23H24ClN3O2S. The lowest BCUT2D eigenvalue weighted by Crippen LogP contribution is -2.40. The SMILES string of the molecule is Cc1cccc2cc(CN(C[C@@H]3CCCO3)C(=S)Nc3cccc(Cl)c3)c(=O)[nH]c12. The number of rotatable bonds is 5. The van der Waals surface area contributed by atoms with Crippen LogP contribution in [0, 0.1) is 6.92 Å². The first kappa shape index (κ1) is 20.8. The fourth-order valence-corrected chi connectivity index (χ4v) is 4.22. The van der Waals surface area contributed by atoms with Crippen LogP contribution in [0.1, 0.15) is 24.0 Å². The number of benzene rings is 2. The van der Waals surface area contributed by atoms with E-state index in [2.05, 4.69) is 10.3 Å². The van der Waals surface area contributed by atoms with Crippen molar-refractivity contribution in [3.63, 3.8) is 0 Å². The van der Waals surface area contributed by atoms with Gasteiger partial charge in [0.25, 0.3) is 5.56 Å². The number of pyridine rings is 1. The number of aryl methyl sites for hydroxylation is 1. The molecule has 3 aromatic rings. The van der Waals surface area contributed by atoms with Crippen LogP contribution in [0.5, 0.6) is 0 Å². The fourth-order valence-electron chi connectivity index (χ4n) is 3.77. The molecular weight excluding hydrogens is 418 g/mol. The topological polar surface area (TPSA) is 57.4 Å². The second-order valence-corrected chi connectivity index (χ2v) is 8.44. The molecule has 0 amide bonds. The molecule has 2 heterocycles. The Bertz CT molecular complexity index is 1120. The first-order valence-electron chi connectivity index (χ1n) is 10.0. The van der Waals surface area contributed by atoms with Crippen molar-refractivity contribution in [1.29, 1.82) is 0 Å². The predicted molar refractivity (Wildman–Crippen MR) is 126 cm³/mol. The van der Waals surface area contributed by atoms with Gasteiger partial charge in [0.05, 0.1) is 18.2 Å². The van der Waals surface area contributed by atoms with E-state index >= 15 is 0 Å². The second kappa shape index (κ2) is 9.16. The molecule has 4 rings (SSSR count). The van der Waals surface area contributed by atoms with Gasteiger partial charge in [-0.15, -0.1) is 0 Å². The molecule has 0 saturated carbocycles. The van der Waals surface area contributed by atoms with Crippen LogP contribution in [0.2, 0.25) is 5.02 Å². The minimum absolute atomic E-state index is 0.0975. The number of fused-ring (bicyclic) bond motifs is 1.